The van der Waals surface area contributed by atoms with E-state index >= 15 is 0 Å². The molecule has 2 aromatic rings. The minimum absolute atomic E-state index is 0.0719. The Bertz CT molecular complexity index is 834. The fourth-order valence-electron chi connectivity index (χ4n) is 2.94. The van der Waals surface area contributed by atoms with Crippen molar-refractivity contribution in [3.05, 3.63) is 46.4 Å². The van der Waals surface area contributed by atoms with E-state index in [1.54, 1.807) is 22.3 Å². The molecular formula is C17H21N3O3S2. The highest BCUT2D eigenvalue weighted by Gasteiger charge is 2.30. The second-order valence-corrected chi connectivity index (χ2v) is 8.74. The Kier molecular flexibility index (Phi) is 5.51. The number of hydrogen-bond acceptors (Lipinski definition) is 5. The van der Waals surface area contributed by atoms with Gasteiger partial charge in [-0.2, -0.15) is 4.72 Å². The molecule has 0 aliphatic carbocycles. The first kappa shape index (κ1) is 18.0. The highest BCUT2D eigenvalue weighted by atomic mass is 32.2. The third kappa shape index (κ3) is 4.08. The normalized spacial score (nSPS) is 15.6. The molecule has 1 N–H and O–H groups in total. The first-order chi connectivity index (χ1) is 12.0. The first-order valence-electron chi connectivity index (χ1n) is 8.27. The Hall–Kier alpha value is -1.77. The number of rotatable bonds is 6. The summed E-state index contributed by atoms with van der Waals surface area (Å²) in [4.78, 5) is 19.9. The topological polar surface area (TPSA) is 79.4 Å². The Morgan fingerprint density at radius 3 is 3.00 bits per heavy atom. The molecule has 1 amide bonds. The van der Waals surface area contributed by atoms with Crippen LogP contribution in [0.15, 0.2) is 40.9 Å². The van der Waals surface area contributed by atoms with E-state index in [2.05, 4.69) is 9.71 Å². The molecule has 0 saturated carbocycles. The second kappa shape index (κ2) is 7.63. The van der Waals surface area contributed by atoms with Gasteiger partial charge in [-0.15, -0.1) is 11.3 Å². The van der Waals surface area contributed by atoms with Gasteiger partial charge in [0.25, 0.3) is 0 Å². The summed E-state index contributed by atoms with van der Waals surface area (Å²) in [6.45, 7) is 3.11. The van der Waals surface area contributed by atoms with Crippen LogP contribution in [0, 0.1) is 0 Å². The van der Waals surface area contributed by atoms with E-state index in [-0.39, 0.29) is 10.8 Å². The zero-order valence-corrected chi connectivity index (χ0v) is 15.6. The number of hydrogen-bond donors (Lipinski definition) is 1. The number of nitrogens with one attached hydrogen (secondary N) is 1. The Morgan fingerprint density at radius 2 is 2.28 bits per heavy atom. The van der Waals surface area contributed by atoms with Crippen molar-refractivity contribution in [2.75, 3.05) is 6.54 Å². The van der Waals surface area contributed by atoms with Crippen molar-refractivity contribution in [1.82, 2.24) is 14.6 Å². The summed E-state index contributed by atoms with van der Waals surface area (Å²) in [6.07, 6.45) is 4.80. The smallest absolute Gasteiger partial charge is 0.242 e. The van der Waals surface area contributed by atoms with Crippen molar-refractivity contribution in [1.29, 1.82) is 0 Å². The number of fused-ring (bicyclic) bond motifs is 1. The average molecular weight is 380 g/mol. The summed E-state index contributed by atoms with van der Waals surface area (Å²) >= 11 is 1.71. The maximum atomic E-state index is 12.9. The van der Waals surface area contributed by atoms with Crippen LogP contribution in [0.1, 0.15) is 30.2 Å². The van der Waals surface area contributed by atoms with Gasteiger partial charge in [0.15, 0.2) is 0 Å². The lowest BCUT2D eigenvalue weighted by Crippen LogP contribution is -2.49. The lowest BCUT2D eigenvalue weighted by atomic mass is 10.1. The van der Waals surface area contributed by atoms with Gasteiger partial charge < -0.3 is 4.90 Å². The van der Waals surface area contributed by atoms with E-state index in [1.165, 1.54) is 23.3 Å². The van der Waals surface area contributed by atoms with E-state index < -0.39 is 16.1 Å². The number of sulfonamides is 1. The van der Waals surface area contributed by atoms with E-state index in [4.69, 9.17) is 0 Å². The standard InChI is InChI=1S/C17H21N3O3S2/c1-2-4-15(19-25(22,23)14-5-3-8-18-11-14)17(21)20-9-6-16-13(12-20)7-10-24-16/h3,5,7-8,10-11,15,19H,2,4,6,9,12H2,1H3/t15-/m1/s1. The predicted molar refractivity (Wildman–Crippen MR) is 96.7 cm³/mol. The SMILES string of the molecule is CCC[C@@H](NS(=O)(=O)c1cccnc1)C(=O)N1CCc2sccc2C1. The van der Waals surface area contributed by atoms with E-state index in [9.17, 15) is 13.2 Å². The van der Waals surface area contributed by atoms with Crippen LogP contribution in [0.4, 0.5) is 0 Å². The number of pyridine rings is 1. The number of nitrogens with zero attached hydrogens (tertiary/aromatic N) is 2. The Morgan fingerprint density at radius 1 is 1.44 bits per heavy atom. The van der Waals surface area contributed by atoms with Crippen molar-refractivity contribution in [3.8, 4) is 0 Å². The van der Waals surface area contributed by atoms with Crippen molar-refractivity contribution in [2.24, 2.45) is 0 Å². The third-order valence-corrected chi connectivity index (χ3v) is 6.72. The number of carbonyl (C=O) groups excluding carboxylic acids is 1. The van der Waals surface area contributed by atoms with Gasteiger partial charge in [-0.05, 0) is 42.0 Å². The molecule has 0 fully saturated rings. The zero-order chi connectivity index (χ0) is 17.9. The molecule has 3 rings (SSSR count). The van der Waals surface area contributed by atoms with Crippen LogP contribution in [0.2, 0.25) is 0 Å². The van der Waals surface area contributed by atoms with Crippen molar-refractivity contribution in [2.45, 2.75) is 43.7 Å². The minimum Gasteiger partial charge on any atom is -0.337 e. The number of carbonyl (C=O) groups is 1. The average Bonchev–Trinajstić information content (AvgIpc) is 3.09. The van der Waals surface area contributed by atoms with Gasteiger partial charge in [-0.25, -0.2) is 8.42 Å². The summed E-state index contributed by atoms with van der Waals surface area (Å²) < 4.78 is 27.7. The van der Waals surface area contributed by atoms with E-state index in [0.717, 1.165) is 12.0 Å². The highest BCUT2D eigenvalue weighted by molar-refractivity contribution is 7.89. The highest BCUT2D eigenvalue weighted by Crippen LogP contribution is 2.25. The van der Waals surface area contributed by atoms with Crippen LogP contribution < -0.4 is 4.72 Å². The fraction of sp³-hybridized carbons (Fsp3) is 0.412. The lowest BCUT2D eigenvalue weighted by molar-refractivity contribution is -0.134. The van der Waals surface area contributed by atoms with Crippen LogP contribution in [-0.2, 0) is 27.8 Å². The van der Waals surface area contributed by atoms with Crippen molar-refractivity contribution >= 4 is 27.3 Å². The van der Waals surface area contributed by atoms with E-state index in [0.29, 0.717) is 25.9 Å². The molecule has 1 aliphatic rings. The molecule has 0 radical (unpaired) electrons. The van der Waals surface area contributed by atoms with Crippen LogP contribution in [0.3, 0.4) is 0 Å². The molecule has 6 nitrogen and oxygen atoms in total. The quantitative estimate of drug-likeness (QED) is 0.834. The van der Waals surface area contributed by atoms with Gasteiger partial charge in [0, 0.05) is 30.4 Å². The van der Waals surface area contributed by atoms with Crippen LogP contribution >= 0.6 is 11.3 Å². The van der Waals surface area contributed by atoms with Crippen LogP contribution in [-0.4, -0.2) is 36.8 Å². The molecule has 0 saturated heterocycles. The zero-order valence-electron chi connectivity index (χ0n) is 14.0. The molecule has 1 atom stereocenters. The van der Waals surface area contributed by atoms with Crippen molar-refractivity contribution in [3.63, 3.8) is 0 Å². The summed E-state index contributed by atoms with van der Waals surface area (Å²) in [5, 5.41) is 2.04. The molecule has 3 heterocycles. The summed E-state index contributed by atoms with van der Waals surface area (Å²) in [6, 6.07) is 4.32. The molecule has 0 aromatic carbocycles. The monoisotopic (exact) mass is 379 g/mol. The molecule has 0 bridgehead atoms. The van der Waals surface area contributed by atoms with Gasteiger partial charge in [0.1, 0.15) is 10.9 Å². The maximum absolute atomic E-state index is 12.9. The molecule has 2 aromatic heterocycles. The Balaban J connectivity index is 1.76. The molecule has 1 aliphatic heterocycles. The summed E-state index contributed by atoms with van der Waals surface area (Å²) in [5.41, 5.74) is 1.16. The molecule has 25 heavy (non-hydrogen) atoms. The molecule has 8 heteroatoms. The Labute approximate surface area is 151 Å². The van der Waals surface area contributed by atoms with Gasteiger partial charge >= 0.3 is 0 Å². The number of thiophene rings is 1. The second-order valence-electron chi connectivity index (χ2n) is 6.03. The number of amides is 1. The van der Waals surface area contributed by atoms with Crippen LogP contribution in [0.5, 0.6) is 0 Å². The third-order valence-electron chi connectivity index (χ3n) is 4.24. The molecule has 0 spiro atoms. The minimum atomic E-state index is -3.77. The van der Waals surface area contributed by atoms with Gasteiger partial charge in [-0.3, -0.25) is 9.78 Å². The predicted octanol–water partition coefficient (Wildman–Crippen LogP) is 2.18. The summed E-state index contributed by atoms with van der Waals surface area (Å²) in [5.74, 6) is -0.161. The number of aromatic nitrogens is 1. The van der Waals surface area contributed by atoms with E-state index in [1.807, 2.05) is 18.4 Å². The van der Waals surface area contributed by atoms with Crippen LogP contribution in [0.25, 0.3) is 0 Å². The van der Waals surface area contributed by atoms with Gasteiger partial charge in [-0.1, -0.05) is 13.3 Å². The fourth-order valence-corrected chi connectivity index (χ4v) is 5.02. The molecule has 0 unspecified atom stereocenters. The first-order valence-corrected chi connectivity index (χ1v) is 10.6. The molecule has 134 valence electrons. The summed E-state index contributed by atoms with van der Waals surface area (Å²) in [7, 11) is -3.77. The van der Waals surface area contributed by atoms with Gasteiger partial charge in [0.2, 0.25) is 15.9 Å². The lowest BCUT2D eigenvalue weighted by Gasteiger charge is -2.30. The largest absolute Gasteiger partial charge is 0.337 e. The van der Waals surface area contributed by atoms with Crippen molar-refractivity contribution < 1.29 is 13.2 Å². The molecular weight excluding hydrogens is 358 g/mol. The van der Waals surface area contributed by atoms with Gasteiger partial charge in [0.05, 0.1) is 0 Å². The maximum Gasteiger partial charge on any atom is 0.242 e.